The zero-order valence-corrected chi connectivity index (χ0v) is 7.83. The van der Waals surface area contributed by atoms with Gasteiger partial charge < -0.3 is 5.73 Å². The first kappa shape index (κ1) is 7.65. The van der Waals surface area contributed by atoms with Crippen LogP contribution in [0.25, 0.3) is 0 Å². The van der Waals surface area contributed by atoms with Crippen LogP contribution in [0.1, 0.15) is 31.9 Å². The van der Waals surface area contributed by atoms with Crippen molar-refractivity contribution in [1.82, 2.24) is 9.78 Å². The molecule has 1 fully saturated rings. The largest absolute Gasteiger partial charge is 0.384 e. The van der Waals surface area contributed by atoms with E-state index in [1.807, 2.05) is 13.1 Å². The molecule has 1 heterocycles. The lowest BCUT2D eigenvalue weighted by atomic mass is 10.1. The molecule has 0 amide bonds. The predicted molar refractivity (Wildman–Crippen MR) is 48.8 cm³/mol. The molecule has 12 heavy (non-hydrogen) atoms. The molecule has 1 atom stereocenters. The second-order valence-corrected chi connectivity index (χ2v) is 4.36. The summed E-state index contributed by atoms with van der Waals surface area (Å²) in [6.45, 7) is 4.53. The lowest BCUT2D eigenvalue weighted by molar-refractivity contribution is 0.609. The van der Waals surface area contributed by atoms with Crippen LogP contribution in [0, 0.1) is 5.41 Å². The molecule has 0 aliphatic heterocycles. The minimum Gasteiger partial charge on any atom is -0.384 e. The van der Waals surface area contributed by atoms with Crippen molar-refractivity contribution in [1.29, 1.82) is 0 Å². The Labute approximate surface area is 72.6 Å². The van der Waals surface area contributed by atoms with Crippen LogP contribution in [0.2, 0.25) is 0 Å². The van der Waals surface area contributed by atoms with E-state index in [0.29, 0.717) is 11.3 Å². The summed E-state index contributed by atoms with van der Waals surface area (Å²) in [6, 6.07) is 1.99. The van der Waals surface area contributed by atoms with Crippen molar-refractivity contribution in [3.05, 3.63) is 11.8 Å². The van der Waals surface area contributed by atoms with Gasteiger partial charge in [-0.2, -0.15) is 5.10 Å². The van der Waals surface area contributed by atoms with Gasteiger partial charge in [0.1, 0.15) is 5.82 Å². The summed E-state index contributed by atoms with van der Waals surface area (Å²) in [5, 5.41) is 4.36. The van der Waals surface area contributed by atoms with Gasteiger partial charge in [0.25, 0.3) is 0 Å². The van der Waals surface area contributed by atoms with Gasteiger partial charge >= 0.3 is 0 Å². The molecule has 3 heteroatoms. The highest BCUT2D eigenvalue weighted by Crippen LogP contribution is 2.58. The maximum Gasteiger partial charge on any atom is 0.121 e. The highest BCUT2D eigenvalue weighted by atomic mass is 15.3. The third-order valence-corrected chi connectivity index (χ3v) is 2.81. The summed E-state index contributed by atoms with van der Waals surface area (Å²) in [6.07, 6.45) is 1.24. The van der Waals surface area contributed by atoms with Gasteiger partial charge in [0.2, 0.25) is 0 Å². The maximum absolute atomic E-state index is 5.70. The zero-order chi connectivity index (χ0) is 8.93. The van der Waals surface area contributed by atoms with Crippen LogP contribution in [-0.2, 0) is 7.05 Å². The molecule has 1 aliphatic rings. The summed E-state index contributed by atoms with van der Waals surface area (Å²) in [5.41, 5.74) is 7.29. The molecule has 1 saturated carbocycles. The number of nitrogens with zero attached hydrogens (tertiary/aromatic N) is 2. The summed E-state index contributed by atoms with van der Waals surface area (Å²) in [4.78, 5) is 0. The van der Waals surface area contributed by atoms with E-state index in [1.165, 1.54) is 6.42 Å². The number of anilines is 1. The highest BCUT2D eigenvalue weighted by molar-refractivity contribution is 5.35. The van der Waals surface area contributed by atoms with Gasteiger partial charge in [0.05, 0.1) is 5.69 Å². The molecule has 3 nitrogen and oxygen atoms in total. The van der Waals surface area contributed by atoms with Gasteiger partial charge in [-0.3, -0.25) is 4.68 Å². The van der Waals surface area contributed by atoms with E-state index in [-0.39, 0.29) is 0 Å². The fourth-order valence-electron chi connectivity index (χ4n) is 1.65. The summed E-state index contributed by atoms with van der Waals surface area (Å²) in [5.74, 6) is 1.38. The van der Waals surface area contributed by atoms with Gasteiger partial charge in [0.15, 0.2) is 0 Å². The smallest absolute Gasteiger partial charge is 0.121 e. The second-order valence-electron chi connectivity index (χ2n) is 4.36. The van der Waals surface area contributed by atoms with Crippen LogP contribution in [0.4, 0.5) is 5.82 Å². The lowest BCUT2D eigenvalue weighted by Gasteiger charge is -1.97. The van der Waals surface area contributed by atoms with Crippen LogP contribution in [0.5, 0.6) is 0 Å². The Morgan fingerprint density at radius 2 is 2.25 bits per heavy atom. The number of nitrogens with two attached hydrogens (primary N) is 1. The van der Waals surface area contributed by atoms with E-state index in [1.54, 1.807) is 4.68 Å². The van der Waals surface area contributed by atoms with Gasteiger partial charge in [0, 0.05) is 19.0 Å². The molecule has 1 aromatic heterocycles. The Bertz CT molecular complexity index is 292. The number of aryl methyl sites for hydroxylation is 1. The molecule has 0 spiro atoms. The highest BCUT2D eigenvalue weighted by Gasteiger charge is 2.48. The predicted octanol–water partition coefficient (Wildman–Crippen LogP) is 1.52. The first-order chi connectivity index (χ1) is 5.50. The van der Waals surface area contributed by atoms with Crippen molar-refractivity contribution in [2.75, 3.05) is 5.73 Å². The molecular weight excluding hydrogens is 150 g/mol. The van der Waals surface area contributed by atoms with Crippen molar-refractivity contribution in [3.8, 4) is 0 Å². The fraction of sp³-hybridized carbons (Fsp3) is 0.667. The number of aromatic nitrogens is 2. The minimum atomic E-state index is 0.445. The monoisotopic (exact) mass is 165 g/mol. The summed E-state index contributed by atoms with van der Waals surface area (Å²) in [7, 11) is 1.88. The van der Waals surface area contributed by atoms with Crippen molar-refractivity contribution in [2.45, 2.75) is 26.2 Å². The van der Waals surface area contributed by atoms with Gasteiger partial charge in [-0.05, 0) is 11.8 Å². The van der Waals surface area contributed by atoms with E-state index in [9.17, 15) is 0 Å². The van der Waals surface area contributed by atoms with Crippen LogP contribution >= 0.6 is 0 Å². The Balaban J connectivity index is 2.26. The van der Waals surface area contributed by atoms with Gasteiger partial charge in [-0.1, -0.05) is 13.8 Å². The van der Waals surface area contributed by atoms with Gasteiger partial charge in [-0.25, -0.2) is 0 Å². The Morgan fingerprint density at radius 1 is 1.67 bits per heavy atom. The Morgan fingerprint density at radius 3 is 2.58 bits per heavy atom. The Hall–Kier alpha value is -0.990. The number of hydrogen-bond donors (Lipinski definition) is 1. The van der Waals surface area contributed by atoms with E-state index < -0.39 is 0 Å². The molecular formula is C9H15N3. The SMILES string of the molecule is Cn1nc(C2CC2(C)C)cc1N. The van der Waals surface area contributed by atoms with Crippen molar-refractivity contribution in [3.63, 3.8) is 0 Å². The van der Waals surface area contributed by atoms with Crippen molar-refractivity contribution < 1.29 is 0 Å². The topological polar surface area (TPSA) is 43.8 Å². The molecule has 0 bridgehead atoms. The minimum absolute atomic E-state index is 0.445. The van der Waals surface area contributed by atoms with Crippen molar-refractivity contribution in [2.24, 2.45) is 12.5 Å². The fourth-order valence-corrected chi connectivity index (χ4v) is 1.65. The summed E-state index contributed by atoms with van der Waals surface area (Å²) >= 11 is 0. The lowest BCUT2D eigenvalue weighted by Crippen LogP contribution is -1.97. The standard InChI is InChI=1S/C9H15N3/c1-9(2)5-6(9)7-4-8(10)12(3)11-7/h4,6H,5,10H2,1-3H3. The van der Waals surface area contributed by atoms with E-state index in [0.717, 1.165) is 11.5 Å². The average Bonchev–Trinajstić information content (AvgIpc) is 2.45. The molecule has 66 valence electrons. The number of nitrogen functional groups attached to an aromatic ring is 1. The molecule has 2 N–H and O–H groups in total. The molecule has 0 aromatic carbocycles. The maximum atomic E-state index is 5.70. The third-order valence-electron chi connectivity index (χ3n) is 2.81. The van der Waals surface area contributed by atoms with Crippen LogP contribution in [0.15, 0.2) is 6.07 Å². The quantitative estimate of drug-likeness (QED) is 0.685. The first-order valence-corrected chi connectivity index (χ1v) is 4.30. The summed E-state index contributed by atoms with van der Waals surface area (Å²) < 4.78 is 1.74. The zero-order valence-electron chi connectivity index (χ0n) is 7.83. The van der Waals surface area contributed by atoms with E-state index in [4.69, 9.17) is 5.73 Å². The first-order valence-electron chi connectivity index (χ1n) is 4.30. The third kappa shape index (κ3) is 1.00. The van der Waals surface area contributed by atoms with Crippen LogP contribution < -0.4 is 5.73 Å². The molecule has 1 unspecified atom stereocenters. The second kappa shape index (κ2) is 2.03. The molecule has 2 rings (SSSR count). The van der Waals surface area contributed by atoms with E-state index >= 15 is 0 Å². The molecule has 1 aliphatic carbocycles. The van der Waals surface area contributed by atoms with Crippen LogP contribution in [0.3, 0.4) is 0 Å². The van der Waals surface area contributed by atoms with Crippen molar-refractivity contribution >= 4 is 5.82 Å². The van der Waals surface area contributed by atoms with Gasteiger partial charge in [-0.15, -0.1) is 0 Å². The van der Waals surface area contributed by atoms with E-state index in [2.05, 4.69) is 18.9 Å². The Kier molecular flexibility index (Phi) is 1.29. The molecule has 0 saturated heterocycles. The molecule has 0 radical (unpaired) electrons. The number of hydrogen-bond acceptors (Lipinski definition) is 2. The normalized spacial score (nSPS) is 25.8. The van der Waals surface area contributed by atoms with Crippen LogP contribution in [-0.4, -0.2) is 9.78 Å². The number of rotatable bonds is 1. The molecule has 1 aromatic rings. The average molecular weight is 165 g/mol.